The minimum Gasteiger partial charge on any atom is -0.448 e. The van der Waals surface area contributed by atoms with E-state index in [2.05, 4.69) is 34.6 Å². The fraction of sp³-hybridized carbons (Fsp3) is 0.143. The Bertz CT molecular complexity index is 910. The van der Waals surface area contributed by atoms with E-state index in [0.29, 0.717) is 11.4 Å². The van der Waals surface area contributed by atoms with Crippen LogP contribution in [0.1, 0.15) is 22.6 Å². The van der Waals surface area contributed by atoms with Crippen LogP contribution in [0, 0.1) is 0 Å². The lowest BCUT2D eigenvalue weighted by Gasteiger charge is -2.15. The number of nitrogens with one attached hydrogen (secondary N) is 1. The third-order valence-corrected chi connectivity index (χ3v) is 4.63. The van der Waals surface area contributed by atoms with Gasteiger partial charge in [-0.2, -0.15) is 0 Å². The van der Waals surface area contributed by atoms with E-state index < -0.39 is 6.09 Å². The first kappa shape index (κ1) is 16.3. The van der Waals surface area contributed by atoms with E-state index in [1.54, 1.807) is 18.3 Å². The summed E-state index contributed by atoms with van der Waals surface area (Å²) in [5, 5.41) is 11.9. The topological polar surface area (TPSA) is 71.5 Å². The van der Waals surface area contributed by atoms with E-state index in [1.165, 1.54) is 11.1 Å². The van der Waals surface area contributed by atoms with Crippen LogP contribution in [0.15, 0.2) is 66.9 Å². The third kappa shape index (κ3) is 2.93. The number of anilines is 1. The molecule has 0 fully saturated rings. The highest BCUT2D eigenvalue weighted by Gasteiger charge is 2.29. The van der Waals surface area contributed by atoms with E-state index in [-0.39, 0.29) is 19.1 Å². The van der Waals surface area contributed by atoms with Crippen molar-refractivity contribution >= 4 is 11.9 Å². The molecule has 130 valence electrons. The zero-order chi connectivity index (χ0) is 17.9. The number of fused-ring (bicyclic) bond motifs is 3. The van der Waals surface area contributed by atoms with Crippen LogP contribution in [0.2, 0.25) is 0 Å². The second-order valence-electron chi connectivity index (χ2n) is 6.12. The monoisotopic (exact) mass is 346 g/mol. The first-order valence-corrected chi connectivity index (χ1v) is 8.44. The Kier molecular flexibility index (Phi) is 4.37. The van der Waals surface area contributed by atoms with Gasteiger partial charge < -0.3 is 9.84 Å². The third-order valence-electron chi connectivity index (χ3n) is 4.63. The van der Waals surface area contributed by atoms with Crippen molar-refractivity contribution < 1.29 is 14.6 Å². The smallest absolute Gasteiger partial charge is 0.412 e. The van der Waals surface area contributed by atoms with Gasteiger partial charge in [-0.05, 0) is 28.3 Å². The standard InChI is InChI=1S/C21H18N2O3/c24-12-14-6-5-11-22-20(14)23-21(25)26-13-19-17-9-3-1-7-15(17)16-8-2-4-10-18(16)19/h1-11,19,24H,12-13H2,(H,22,23,25). The minimum absolute atomic E-state index is 0.00851. The van der Waals surface area contributed by atoms with Gasteiger partial charge in [0.2, 0.25) is 0 Å². The highest BCUT2D eigenvalue weighted by molar-refractivity contribution is 5.84. The van der Waals surface area contributed by atoms with Gasteiger partial charge in [0.05, 0.1) is 6.61 Å². The van der Waals surface area contributed by atoms with Crippen LogP contribution < -0.4 is 5.32 Å². The maximum absolute atomic E-state index is 12.2. The predicted molar refractivity (Wildman–Crippen MR) is 98.9 cm³/mol. The van der Waals surface area contributed by atoms with Gasteiger partial charge in [0.15, 0.2) is 0 Å². The predicted octanol–water partition coefficient (Wildman–Crippen LogP) is 3.93. The maximum Gasteiger partial charge on any atom is 0.412 e. The summed E-state index contributed by atoms with van der Waals surface area (Å²) in [4.78, 5) is 16.3. The molecule has 2 N–H and O–H groups in total. The molecule has 5 heteroatoms. The fourth-order valence-electron chi connectivity index (χ4n) is 3.41. The van der Waals surface area contributed by atoms with Crippen LogP contribution in [0.25, 0.3) is 11.1 Å². The van der Waals surface area contributed by atoms with Crippen molar-refractivity contribution in [3.8, 4) is 11.1 Å². The fourth-order valence-corrected chi connectivity index (χ4v) is 3.41. The van der Waals surface area contributed by atoms with Gasteiger partial charge >= 0.3 is 6.09 Å². The zero-order valence-corrected chi connectivity index (χ0v) is 14.1. The molecule has 1 aromatic heterocycles. The average molecular weight is 346 g/mol. The number of amides is 1. The SMILES string of the molecule is O=C(Nc1ncccc1CO)OCC1c2ccccc2-c2ccccc21. The molecule has 5 nitrogen and oxygen atoms in total. The molecule has 0 spiro atoms. The van der Waals surface area contributed by atoms with E-state index in [1.807, 2.05) is 24.3 Å². The second kappa shape index (κ2) is 6.98. The second-order valence-corrected chi connectivity index (χ2v) is 6.12. The molecular formula is C21H18N2O3. The average Bonchev–Trinajstić information content (AvgIpc) is 3.01. The van der Waals surface area contributed by atoms with Crippen molar-refractivity contribution in [1.82, 2.24) is 4.98 Å². The Hall–Kier alpha value is -3.18. The first-order chi connectivity index (χ1) is 12.8. The lowest BCUT2D eigenvalue weighted by Crippen LogP contribution is -2.19. The van der Waals surface area contributed by atoms with Crippen molar-refractivity contribution in [3.63, 3.8) is 0 Å². The molecule has 3 aromatic rings. The minimum atomic E-state index is -0.583. The molecule has 26 heavy (non-hydrogen) atoms. The molecule has 0 aliphatic heterocycles. The Labute approximate surface area is 151 Å². The molecular weight excluding hydrogens is 328 g/mol. The number of aliphatic hydroxyl groups is 1. The van der Waals surface area contributed by atoms with Crippen molar-refractivity contribution in [2.75, 3.05) is 11.9 Å². The number of pyridine rings is 1. The quantitative estimate of drug-likeness (QED) is 0.751. The van der Waals surface area contributed by atoms with Crippen molar-refractivity contribution in [2.45, 2.75) is 12.5 Å². The summed E-state index contributed by atoms with van der Waals surface area (Å²) in [5.41, 5.74) is 5.24. The van der Waals surface area contributed by atoms with Crippen molar-refractivity contribution in [3.05, 3.63) is 83.6 Å². The van der Waals surface area contributed by atoms with Crippen LogP contribution in [0.3, 0.4) is 0 Å². The number of rotatable bonds is 4. The van der Waals surface area contributed by atoms with Gasteiger partial charge in [-0.1, -0.05) is 54.6 Å². The number of nitrogens with zero attached hydrogens (tertiary/aromatic N) is 1. The Morgan fingerprint density at radius 1 is 1.00 bits per heavy atom. The number of benzene rings is 2. The van der Waals surface area contributed by atoms with Gasteiger partial charge in [-0.15, -0.1) is 0 Å². The van der Waals surface area contributed by atoms with E-state index >= 15 is 0 Å². The summed E-state index contributed by atoms with van der Waals surface area (Å²) in [6.07, 6.45) is 0.971. The lowest BCUT2D eigenvalue weighted by atomic mass is 9.98. The molecule has 1 aliphatic rings. The highest BCUT2D eigenvalue weighted by Crippen LogP contribution is 2.44. The van der Waals surface area contributed by atoms with Crippen LogP contribution in [0.5, 0.6) is 0 Å². The van der Waals surface area contributed by atoms with E-state index in [9.17, 15) is 9.90 Å². The van der Waals surface area contributed by atoms with E-state index in [0.717, 1.165) is 11.1 Å². The van der Waals surface area contributed by atoms with Gasteiger partial charge in [-0.3, -0.25) is 5.32 Å². The molecule has 0 bridgehead atoms. The largest absolute Gasteiger partial charge is 0.448 e. The molecule has 2 aromatic carbocycles. The van der Waals surface area contributed by atoms with Gasteiger partial charge in [-0.25, -0.2) is 9.78 Å². The number of carbonyl (C=O) groups is 1. The maximum atomic E-state index is 12.2. The molecule has 0 saturated heterocycles. The molecule has 1 heterocycles. The van der Waals surface area contributed by atoms with E-state index in [4.69, 9.17) is 4.74 Å². The lowest BCUT2D eigenvalue weighted by molar-refractivity contribution is 0.158. The Morgan fingerprint density at radius 2 is 1.65 bits per heavy atom. The van der Waals surface area contributed by atoms with Crippen molar-refractivity contribution in [2.24, 2.45) is 0 Å². The molecule has 1 aliphatic carbocycles. The van der Waals surface area contributed by atoms with Crippen molar-refractivity contribution in [1.29, 1.82) is 0 Å². The highest BCUT2D eigenvalue weighted by atomic mass is 16.5. The molecule has 0 atom stereocenters. The Morgan fingerprint density at radius 3 is 2.31 bits per heavy atom. The Balaban J connectivity index is 1.50. The number of ether oxygens (including phenoxy) is 1. The number of aliphatic hydroxyl groups excluding tert-OH is 1. The van der Waals surface area contributed by atoms with Gasteiger partial charge in [0.1, 0.15) is 12.4 Å². The number of carbonyl (C=O) groups excluding carboxylic acids is 1. The van der Waals surface area contributed by atoms with Crippen LogP contribution in [-0.2, 0) is 11.3 Å². The van der Waals surface area contributed by atoms with Crippen LogP contribution >= 0.6 is 0 Å². The van der Waals surface area contributed by atoms with Gasteiger partial charge in [0.25, 0.3) is 0 Å². The molecule has 0 radical (unpaired) electrons. The van der Waals surface area contributed by atoms with Crippen LogP contribution in [-0.4, -0.2) is 22.8 Å². The molecule has 4 rings (SSSR count). The summed E-state index contributed by atoms with van der Waals surface area (Å²) < 4.78 is 5.47. The summed E-state index contributed by atoms with van der Waals surface area (Å²) >= 11 is 0. The molecule has 0 unspecified atom stereocenters. The first-order valence-electron chi connectivity index (χ1n) is 8.44. The number of hydrogen-bond acceptors (Lipinski definition) is 4. The summed E-state index contributed by atoms with van der Waals surface area (Å²) in [6.45, 7) is 0.0357. The number of hydrogen-bond donors (Lipinski definition) is 2. The summed E-state index contributed by atoms with van der Waals surface area (Å²) in [5.74, 6) is 0.321. The normalized spacial score (nSPS) is 12.3. The van der Waals surface area contributed by atoms with Crippen LogP contribution in [0.4, 0.5) is 10.6 Å². The summed E-state index contributed by atoms with van der Waals surface area (Å²) in [6, 6.07) is 19.8. The number of aromatic nitrogens is 1. The molecule has 1 amide bonds. The van der Waals surface area contributed by atoms with Gasteiger partial charge in [0, 0.05) is 17.7 Å². The summed E-state index contributed by atoms with van der Waals surface area (Å²) in [7, 11) is 0. The zero-order valence-electron chi connectivity index (χ0n) is 14.1. The molecule has 0 saturated carbocycles.